The summed E-state index contributed by atoms with van der Waals surface area (Å²) in [5, 5.41) is 3.95. The van der Waals surface area contributed by atoms with E-state index in [1.54, 1.807) is 0 Å². The Morgan fingerprint density at radius 2 is 2.17 bits per heavy atom. The Morgan fingerprint density at radius 1 is 1.33 bits per heavy atom. The van der Waals surface area contributed by atoms with Gasteiger partial charge in [0, 0.05) is 12.0 Å². The molecule has 0 unspecified atom stereocenters. The Bertz CT molecular complexity index is 231. The van der Waals surface area contributed by atoms with Gasteiger partial charge in [0.1, 0.15) is 0 Å². The van der Waals surface area contributed by atoms with E-state index < -0.39 is 0 Å². The van der Waals surface area contributed by atoms with Crippen LogP contribution in [0.3, 0.4) is 0 Å². The van der Waals surface area contributed by atoms with Crippen LogP contribution in [0, 0.1) is 17.8 Å². The van der Waals surface area contributed by atoms with E-state index in [2.05, 4.69) is 5.32 Å². The summed E-state index contributed by atoms with van der Waals surface area (Å²) in [5.74, 6) is 2.58. The molecule has 4 atom stereocenters. The van der Waals surface area contributed by atoms with Crippen LogP contribution in [0.2, 0.25) is 0 Å². The molecule has 3 rings (SSSR count). The summed E-state index contributed by atoms with van der Waals surface area (Å²) in [7, 11) is 0. The molecule has 12 heavy (non-hydrogen) atoms. The summed E-state index contributed by atoms with van der Waals surface area (Å²) >= 11 is 5.01. The molecule has 0 amide bonds. The molecule has 1 saturated heterocycles. The summed E-state index contributed by atoms with van der Waals surface area (Å²) in [4.78, 5) is 0. The molecule has 0 radical (unpaired) electrons. The zero-order valence-electron chi connectivity index (χ0n) is 6.95. The predicted molar refractivity (Wildman–Crippen MR) is 49.8 cm³/mol. The molecule has 2 saturated carbocycles. The van der Waals surface area contributed by atoms with Crippen LogP contribution in [0.1, 0.15) is 19.3 Å². The fourth-order valence-electron chi connectivity index (χ4n) is 3.22. The SMILES string of the molecule is S=C1N[C@@H]2[C@@H]3CC[C@@H](C3)[C@@H]2CO1. The number of thiocarbonyl (C=S) groups is 1. The van der Waals surface area contributed by atoms with Gasteiger partial charge in [-0.05, 0) is 43.3 Å². The van der Waals surface area contributed by atoms with E-state index in [0.29, 0.717) is 11.2 Å². The molecule has 0 aromatic carbocycles. The minimum absolute atomic E-state index is 0.629. The van der Waals surface area contributed by atoms with Gasteiger partial charge in [-0.25, -0.2) is 0 Å². The molecule has 0 aromatic heterocycles. The number of rotatable bonds is 0. The average Bonchev–Trinajstić information content (AvgIpc) is 2.63. The molecule has 3 fully saturated rings. The lowest BCUT2D eigenvalue weighted by atomic mass is 9.84. The smallest absolute Gasteiger partial charge is 0.256 e. The molecular formula is C9H13NOS. The van der Waals surface area contributed by atoms with Gasteiger partial charge < -0.3 is 10.1 Å². The molecule has 0 spiro atoms. The van der Waals surface area contributed by atoms with Gasteiger partial charge in [-0.1, -0.05) is 0 Å². The van der Waals surface area contributed by atoms with Crippen molar-refractivity contribution >= 4 is 17.4 Å². The number of fused-ring (bicyclic) bond motifs is 5. The summed E-state index contributed by atoms with van der Waals surface area (Å²) < 4.78 is 5.36. The van der Waals surface area contributed by atoms with E-state index in [1.165, 1.54) is 19.3 Å². The second-order valence-corrected chi connectivity index (χ2v) is 4.64. The topological polar surface area (TPSA) is 21.3 Å². The number of ether oxygens (including phenoxy) is 1. The Morgan fingerprint density at radius 3 is 3.08 bits per heavy atom. The molecule has 3 heteroatoms. The van der Waals surface area contributed by atoms with Gasteiger partial charge in [0.05, 0.1) is 6.61 Å². The zero-order chi connectivity index (χ0) is 8.13. The lowest BCUT2D eigenvalue weighted by Crippen LogP contribution is -2.50. The van der Waals surface area contributed by atoms with E-state index in [0.717, 1.165) is 24.4 Å². The maximum Gasteiger partial charge on any atom is 0.256 e. The second-order valence-electron chi connectivity index (χ2n) is 4.27. The molecule has 66 valence electrons. The van der Waals surface area contributed by atoms with Crippen molar-refractivity contribution in [2.75, 3.05) is 6.61 Å². The van der Waals surface area contributed by atoms with Crippen LogP contribution in [-0.2, 0) is 4.74 Å². The summed E-state index contributed by atoms with van der Waals surface area (Å²) in [6.45, 7) is 0.873. The third-order valence-corrected chi connectivity index (χ3v) is 4.02. The lowest BCUT2D eigenvalue weighted by Gasteiger charge is -2.36. The summed E-state index contributed by atoms with van der Waals surface area (Å²) in [6, 6.07) is 0.657. The van der Waals surface area contributed by atoms with Crippen molar-refractivity contribution in [1.82, 2.24) is 5.32 Å². The first-order chi connectivity index (χ1) is 5.84. The van der Waals surface area contributed by atoms with Crippen molar-refractivity contribution in [3.63, 3.8) is 0 Å². The van der Waals surface area contributed by atoms with Gasteiger partial charge in [-0.2, -0.15) is 0 Å². The molecule has 0 aromatic rings. The Balaban J connectivity index is 1.85. The maximum absolute atomic E-state index is 5.36. The molecular weight excluding hydrogens is 170 g/mol. The van der Waals surface area contributed by atoms with Crippen LogP contribution in [0.4, 0.5) is 0 Å². The molecule has 2 bridgehead atoms. The molecule has 2 aliphatic carbocycles. The van der Waals surface area contributed by atoms with Gasteiger partial charge in [0.2, 0.25) is 0 Å². The summed E-state index contributed by atoms with van der Waals surface area (Å²) in [6.07, 6.45) is 4.24. The first kappa shape index (κ1) is 7.13. The van der Waals surface area contributed by atoms with Gasteiger partial charge in [0.15, 0.2) is 0 Å². The van der Waals surface area contributed by atoms with Crippen molar-refractivity contribution in [3.8, 4) is 0 Å². The highest BCUT2D eigenvalue weighted by Crippen LogP contribution is 2.49. The minimum Gasteiger partial charge on any atom is -0.471 e. The highest BCUT2D eigenvalue weighted by Gasteiger charge is 2.49. The van der Waals surface area contributed by atoms with Crippen LogP contribution in [0.25, 0.3) is 0 Å². The van der Waals surface area contributed by atoms with Crippen molar-refractivity contribution < 1.29 is 4.74 Å². The standard InChI is InChI=1S/C9H13NOS/c12-9-10-8-6-2-1-5(3-6)7(8)4-11-9/h5-8H,1-4H2,(H,10,12)/t5-,6+,7-,8+/m0/s1. The lowest BCUT2D eigenvalue weighted by molar-refractivity contribution is 0.121. The van der Waals surface area contributed by atoms with Crippen molar-refractivity contribution in [3.05, 3.63) is 0 Å². The molecule has 1 aliphatic heterocycles. The largest absolute Gasteiger partial charge is 0.471 e. The summed E-state index contributed by atoms with van der Waals surface area (Å²) in [5.41, 5.74) is 0. The van der Waals surface area contributed by atoms with E-state index in [4.69, 9.17) is 17.0 Å². The van der Waals surface area contributed by atoms with Gasteiger partial charge in [0.25, 0.3) is 5.17 Å². The number of hydrogen-bond donors (Lipinski definition) is 1. The number of nitrogens with one attached hydrogen (secondary N) is 1. The second kappa shape index (κ2) is 2.34. The first-order valence-electron chi connectivity index (χ1n) is 4.78. The van der Waals surface area contributed by atoms with Crippen LogP contribution in [0.15, 0.2) is 0 Å². The van der Waals surface area contributed by atoms with Gasteiger partial charge in [-0.15, -0.1) is 0 Å². The highest BCUT2D eigenvalue weighted by atomic mass is 32.1. The van der Waals surface area contributed by atoms with Crippen LogP contribution < -0.4 is 5.32 Å². The Kier molecular flexibility index (Phi) is 1.39. The van der Waals surface area contributed by atoms with Gasteiger partial charge >= 0.3 is 0 Å². The molecule has 3 aliphatic rings. The highest BCUT2D eigenvalue weighted by molar-refractivity contribution is 7.80. The van der Waals surface area contributed by atoms with E-state index >= 15 is 0 Å². The monoisotopic (exact) mass is 183 g/mol. The maximum atomic E-state index is 5.36. The van der Waals surface area contributed by atoms with Crippen molar-refractivity contribution in [2.45, 2.75) is 25.3 Å². The fourth-order valence-corrected chi connectivity index (χ4v) is 3.43. The number of hydrogen-bond acceptors (Lipinski definition) is 2. The quantitative estimate of drug-likeness (QED) is 0.572. The van der Waals surface area contributed by atoms with Crippen LogP contribution in [-0.4, -0.2) is 17.8 Å². The normalized spacial score (nSPS) is 49.8. The van der Waals surface area contributed by atoms with E-state index in [9.17, 15) is 0 Å². The zero-order valence-corrected chi connectivity index (χ0v) is 7.77. The predicted octanol–water partition coefficient (Wildman–Crippen LogP) is 1.31. The third-order valence-electron chi connectivity index (χ3n) is 3.78. The Hall–Kier alpha value is -0.310. The van der Waals surface area contributed by atoms with E-state index in [1.807, 2.05) is 0 Å². The van der Waals surface area contributed by atoms with Crippen molar-refractivity contribution in [1.29, 1.82) is 0 Å². The molecule has 2 nitrogen and oxygen atoms in total. The average molecular weight is 183 g/mol. The van der Waals surface area contributed by atoms with E-state index in [-0.39, 0.29) is 0 Å². The van der Waals surface area contributed by atoms with Crippen molar-refractivity contribution in [2.24, 2.45) is 17.8 Å². The van der Waals surface area contributed by atoms with Crippen LogP contribution in [0.5, 0.6) is 0 Å². The minimum atomic E-state index is 0.629. The Labute approximate surface area is 77.7 Å². The van der Waals surface area contributed by atoms with Gasteiger partial charge in [-0.3, -0.25) is 0 Å². The van der Waals surface area contributed by atoms with Crippen LogP contribution >= 0.6 is 12.2 Å². The molecule has 1 heterocycles. The first-order valence-corrected chi connectivity index (χ1v) is 5.19. The third kappa shape index (κ3) is 0.830. The molecule has 1 N–H and O–H groups in total. The fraction of sp³-hybridized carbons (Fsp3) is 0.889.